The number of hydrogen-bond donors (Lipinski definition) is 3. The summed E-state index contributed by atoms with van der Waals surface area (Å²) in [5.41, 5.74) is 7.00. The number of carbonyl (C=O) groups is 1. The van der Waals surface area contributed by atoms with Crippen molar-refractivity contribution >= 4 is 45.0 Å². The first kappa shape index (κ1) is 21.8. The summed E-state index contributed by atoms with van der Waals surface area (Å²) in [5, 5.41) is 12.6. The molecule has 182 valence electrons. The van der Waals surface area contributed by atoms with Crippen LogP contribution in [0.2, 0.25) is 0 Å². The number of rotatable bonds is 5. The third kappa shape index (κ3) is 3.95. The fraction of sp³-hybridized carbons (Fsp3) is 0.185. The van der Waals surface area contributed by atoms with Crippen molar-refractivity contribution in [3.63, 3.8) is 0 Å². The molecule has 0 unspecified atom stereocenters. The van der Waals surface area contributed by atoms with E-state index in [2.05, 4.69) is 36.5 Å². The minimum absolute atomic E-state index is 0.0678. The Morgan fingerprint density at radius 3 is 2.73 bits per heavy atom. The molecule has 0 aliphatic heterocycles. The molecular formula is C27H22N8OS. The number of pyridine rings is 3. The van der Waals surface area contributed by atoms with Crippen LogP contribution < -0.4 is 5.32 Å². The van der Waals surface area contributed by atoms with Gasteiger partial charge in [-0.05, 0) is 42.5 Å². The van der Waals surface area contributed by atoms with Gasteiger partial charge in [0, 0.05) is 34.3 Å². The molecule has 0 radical (unpaired) electrons. The number of aromatic nitrogens is 7. The predicted molar refractivity (Wildman–Crippen MR) is 144 cm³/mol. The largest absolute Gasteiger partial charge is 0.335 e. The lowest BCUT2D eigenvalue weighted by molar-refractivity contribution is -0.119. The summed E-state index contributed by atoms with van der Waals surface area (Å²) < 4.78 is 0. The quantitative estimate of drug-likeness (QED) is 0.271. The number of anilines is 1. The molecule has 1 fully saturated rings. The van der Waals surface area contributed by atoms with Crippen LogP contribution in [0.15, 0.2) is 60.5 Å². The molecule has 0 saturated heterocycles. The summed E-state index contributed by atoms with van der Waals surface area (Å²) in [6.07, 6.45) is 11.2. The first-order valence-electron chi connectivity index (χ1n) is 12.2. The Bertz CT molecular complexity index is 1750. The topological polar surface area (TPSA) is 125 Å². The smallest absolute Gasteiger partial charge is 0.227 e. The van der Waals surface area contributed by atoms with E-state index >= 15 is 0 Å². The van der Waals surface area contributed by atoms with Crippen LogP contribution in [0.25, 0.3) is 55.3 Å². The van der Waals surface area contributed by atoms with Crippen molar-refractivity contribution in [2.24, 2.45) is 5.92 Å². The Morgan fingerprint density at radius 1 is 0.973 bits per heavy atom. The van der Waals surface area contributed by atoms with Gasteiger partial charge in [0.2, 0.25) is 5.91 Å². The second-order valence-electron chi connectivity index (χ2n) is 9.24. The minimum atomic E-state index is 0.0678. The molecule has 0 bridgehead atoms. The SMILES string of the molecule is O=C(Nc1cncc(-c2ccc3[nH]nc(-c4nc5c(-c6cccs6)cncc5[nH]4)c3n2)c1)C1CCCC1. The maximum absolute atomic E-state index is 12.6. The van der Waals surface area contributed by atoms with Crippen LogP contribution in [-0.4, -0.2) is 41.0 Å². The van der Waals surface area contributed by atoms with Gasteiger partial charge in [-0.25, -0.2) is 9.97 Å². The normalized spacial score (nSPS) is 14.1. The van der Waals surface area contributed by atoms with Crippen LogP contribution in [0, 0.1) is 5.92 Å². The maximum atomic E-state index is 12.6. The number of fused-ring (bicyclic) bond motifs is 2. The molecule has 1 aliphatic carbocycles. The van der Waals surface area contributed by atoms with Crippen LogP contribution in [-0.2, 0) is 4.79 Å². The van der Waals surface area contributed by atoms with E-state index in [1.54, 1.807) is 29.9 Å². The van der Waals surface area contributed by atoms with Gasteiger partial charge < -0.3 is 10.3 Å². The first-order chi connectivity index (χ1) is 18.2. The molecule has 37 heavy (non-hydrogen) atoms. The highest BCUT2D eigenvalue weighted by Gasteiger charge is 2.23. The lowest BCUT2D eigenvalue weighted by Crippen LogP contribution is -2.20. The molecule has 7 rings (SSSR count). The average molecular weight is 507 g/mol. The lowest BCUT2D eigenvalue weighted by Gasteiger charge is -2.11. The second kappa shape index (κ2) is 8.90. The van der Waals surface area contributed by atoms with Crippen molar-refractivity contribution in [3.05, 3.63) is 60.5 Å². The van der Waals surface area contributed by atoms with Gasteiger partial charge in [0.05, 0.1) is 34.8 Å². The molecule has 0 spiro atoms. The van der Waals surface area contributed by atoms with E-state index in [9.17, 15) is 4.79 Å². The van der Waals surface area contributed by atoms with Gasteiger partial charge >= 0.3 is 0 Å². The average Bonchev–Trinajstić information content (AvgIpc) is 3.74. The van der Waals surface area contributed by atoms with E-state index < -0.39 is 0 Å². The van der Waals surface area contributed by atoms with Crippen molar-refractivity contribution in [1.82, 2.24) is 35.1 Å². The van der Waals surface area contributed by atoms with Crippen LogP contribution in [0.1, 0.15) is 25.7 Å². The molecule has 0 aromatic carbocycles. The fourth-order valence-corrected chi connectivity index (χ4v) is 5.70. The van der Waals surface area contributed by atoms with Gasteiger partial charge in [0.25, 0.3) is 0 Å². The summed E-state index contributed by atoms with van der Waals surface area (Å²) in [5.74, 6) is 0.775. The minimum Gasteiger partial charge on any atom is -0.335 e. The Balaban J connectivity index is 1.25. The Kier molecular flexibility index (Phi) is 5.24. The summed E-state index contributed by atoms with van der Waals surface area (Å²) in [6, 6.07) is 9.85. The summed E-state index contributed by atoms with van der Waals surface area (Å²) in [7, 11) is 0. The number of nitrogens with zero attached hydrogens (tertiary/aromatic N) is 5. The van der Waals surface area contributed by atoms with E-state index in [0.29, 0.717) is 22.7 Å². The summed E-state index contributed by atoms with van der Waals surface area (Å²) in [6.45, 7) is 0. The zero-order valence-corrected chi connectivity index (χ0v) is 20.5. The van der Waals surface area contributed by atoms with E-state index in [4.69, 9.17) is 9.97 Å². The molecule has 6 heterocycles. The molecule has 6 aromatic rings. The number of aromatic amines is 2. The van der Waals surface area contributed by atoms with E-state index in [-0.39, 0.29) is 11.8 Å². The molecule has 0 atom stereocenters. The van der Waals surface area contributed by atoms with Crippen molar-refractivity contribution in [2.45, 2.75) is 25.7 Å². The van der Waals surface area contributed by atoms with Crippen molar-refractivity contribution in [3.8, 4) is 33.2 Å². The lowest BCUT2D eigenvalue weighted by atomic mass is 10.1. The standard InChI is InChI=1S/C27H22N8OS/c36-27(15-4-1-2-5-15)30-17-10-16(11-28-12-17)19-7-8-20-24(31-19)25(35-34-20)26-32-21-14-29-13-18(23(21)33-26)22-6-3-9-37-22/h3,6-15H,1-2,4-5H2,(H,30,36)(H,32,33)(H,34,35). The van der Waals surface area contributed by atoms with Crippen LogP contribution in [0.3, 0.4) is 0 Å². The van der Waals surface area contributed by atoms with E-state index in [0.717, 1.165) is 63.9 Å². The molecule has 1 amide bonds. The third-order valence-corrected chi connectivity index (χ3v) is 7.74. The Morgan fingerprint density at radius 2 is 1.86 bits per heavy atom. The number of imidazole rings is 1. The van der Waals surface area contributed by atoms with E-state index in [1.807, 2.05) is 35.8 Å². The molecule has 10 heteroatoms. The Hall–Kier alpha value is -4.44. The number of H-pyrrole nitrogens is 2. The highest BCUT2D eigenvalue weighted by atomic mass is 32.1. The van der Waals surface area contributed by atoms with Crippen LogP contribution in [0.4, 0.5) is 5.69 Å². The molecule has 6 aromatic heterocycles. The van der Waals surface area contributed by atoms with Crippen molar-refractivity contribution in [2.75, 3.05) is 5.32 Å². The number of hydrogen-bond acceptors (Lipinski definition) is 7. The summed E-state index contributed by atoms with van der Waals surface area (Å²) in [4.78, 5) is 35.6. The number of thiophene rings is 1. The molecule has 1 aliphatic rings. The van der Waals surface area contributed by atoms with Crippen molar-refractivity contribution < 1.29 is 4.79 Å². The fourth-order valence-electron chi connectivity index (χ4n) is 4.96. The molecule has 3 N–H and O–H groups in total. The zero-order chi connectivity index (χ0) is 24.8. The van der Waals surface area contributed by atoms with Gasteiger partial charge in [-0.3, -0.25) is 19.9 Å². The molecular weight excluding hydrogens is 484 g/mol. The number of carbonyl (C=O) groups excluding carboxylic acids is 1. The van der Waals surface area contributed by atoms with E-state index in [1.165, 1.54) is 0 Å². The number of amides is 1. The van der Waals surface area contributed by atoms with Crippen LogP contribution >= 0.6 is 11.3 Å². The van der Waals surface area contributed by atoms with Crippen molar-refractivity contribution in [1.29, 1.82) is 0 Å². The molecule has 9 nitrogen and oxygen atoms in total. The predicted octanol–water partition coefficient (Wildman–Crippen LogP) is 5.82. The Labute approximate surface area is 215 Å². The second-order valence-corrected chi connectivity index (χ2v) is 10.2. The first-order valence-corrected chi connectivity index (χ1v) is 13.1. The highest BCUT2D eigenvalue weighted by molar-refractivity contribution is 7.13. The van der Waals surface area contributed by atoms with Gasteiger partial charge in [0.15, 0.2) is 11.5 Å². The highest BCUT2D eigenvalue weighted by Crippen LogP contribution is 2.33. The third-order valence-electron chi connectivity index (χ3n) is 6.84. The van der Waals surface area contributed by atoms with Gasteiger partial charge in [-0.1, -0.05) is 18.9 Å². The maximum Gasteiger partial charge on any atom is 0.227 e. The number of nitrogens with one attached hydrogen (secondary N) is 3. The van der Waals surface area contributed by atoms with Gasteiger partial charge in [0.1, 0.15) is 11.0 Å². The monoisotopic (exact) mass is 506 g/mol. The van der Waals surface area contributed by atoms with Gasteiger partial charge in [-0.15, -0.1) is 11.3 Å². The zero-order valence-electron chi connectivity index (χ0n) is 19.7. The van der Waals surface area contributed by atoms with Crippen LogP contribution in [0.5, 0.6) is 0 Å². The summed E-state index contributed by atoms with van der Waals surface area (Å²) >= 11 is 1.65. The molecule has 1 saturated carbocycles. The van der Waals surface area contributed by atoms with Gasteiger partial charge in [-0.2, -0.15) is 5.10 Å².